The summed E-state index contributed by atoms with van der Waals surface area (Å²) >= 11 is 0. The van der Waals surface area contributed by atoms with Gasteiger partial charge >= 0.3 is 0 Å². The average Bonchev–Trinajstić information content (AvgIpc) is 2.14. The maximum Gasteiger partial charge on any atom is 0.138 e. The molecule has 7 heavy (non-hydrogen) atoms. The van der Waals surface area contributed by atoms with Gasteiger partial charge in [-0.15, -0.1) is 0 Å². The molecule has 0 bridgehead atoms. The minimum Gasteiger partial charge on any atom is -0.364 e. The quantitative estimate of drug-likeness (QED) is 0.493. The van der Waals surface area contributed by atoms with E-state index in [2.05, 4.69) is 5.32 Å². The number of hydrogen-bond donors (Lipinski definition) is 1. The molecule has 0 aliphatic carbocycles. The van der Waals surface area contributed by atoms with Gasteiger partial charge in [-0.1, -0.05) is 0 Å². The standard InChI is InChI=1S/C4H8NO2/c1-6-4-2-7-3-5-4/h2,4-5H,3H2,1H3. The highest BCUT2D eigenvalue weighted by Crippen LogP contribution is 1.98. The molecule has 0 saturated carbocycles. The summed E-state index contributed by atoms with van der Waals surface area (Å²) in [7, 11) is 1.63. The summed E-state index contributed by atoms with van der Waals surface area (Å²) in [5.74, 6) is 0. The molecule has 1 saturated heterocycles. The fraction of sp³-hybridized carbons (Fsp3) is 0.750. The van der Waals surface area contributed by atoms with Crippen molar-refractivity contribution in [3.63, 3.8) is 0 Å². The van der Waals surface area contributed by atoms with E-state index in [0.717, 1.165) is 0 Å². The van der Waals surface area contributed by atoms with Crippen LogP contribution < -0.4 is 5.32 Å². The first kappa shape index (κ1) is 5.03. The third kappa shape index (κ3) is 1.12. The van der Waals surface area contributed by atoms with Crippen LogP contribution >= 0.6 is 0 Å². The van der Waals surface area contributed by atoms with Gasteiger partial charge < -0.3 is 9.47 Å². The Labute approximate surface area is 42.6 Å². The summed E-state index contributed by atoms with van der Waals surface area (Å²) in [6, 6.07) is 0. The van der Waals surface area contributed by atoms with E-state index >= 15 is 0 Å². The second kappa shape index (κ2) is 2.26. The molecule has 1 N–H and O–H groups in total. The van der Waals surface area contributed by atoms with Crippen molar-refractivity contribution in [2.24, 2.45) is 0 Å². The third-order valence-electron chi connectivity index (χ3n) is 0.842. The van der Waals surface area contributed by atoms with E-state index in [1.165, 1.54) is 0 Å². The summed E-state index contributed by atoms with van der Waals surface area (Å²) in [4.78, 5) is 0. The van der Waals surface area contributed by atoms with E-state index in [0.29, 0.717) is 6.73 Å². The number of ether oxygens (including phenoxy) is 2. The van der Waals surface area contributed by atoms with Crippen molar-refractivity contribution in [1.82, 2.24) is 5.32 Å². The molecule has 0 spiro atoms. The van der Waals surface area contributed by atoms with Gasteiger partial charge in [0.25, 0.3) is 0 Å². The van der Waals surface area contributed by atoms with Crippen LogP contribution in [0.15, 0.2) is 0 Å². The molecule has 1 unspecified atom stereocenters. The lowest BCUT2D eigenvalue weighted by atomic mass is 10.6. The first-order chi connectivity index (χ1) is 3.43. The van der Waals surface area contributed by atoms with Crippen LogP contribution in [-0.2, 0) is 9.47 Å². The molecule has 1 rings (SSSR count). The van der Waals surface area contributed by atoms with E-state index < -0.39 is 0 Å². The van der Waals surface area contributed by atoms with Crippen LogP contribution in [-0.4, -0.2) is 20.1 Å². The number of methoxy groups -OCH3 is 1. The fourth-order valence-corrected chi connectivity index (χ4v) is 0.453. The van der Waals surface area contributed by atoms with Crippen LogP contribution in [0.1, 0.15) is 0 Å². The Balaban J connectivity index is 2.14. The van der Waals surface area contributed by atoms with E-state index in [4.69, 9.17) is 9.47 Å². The molecule has 1 atom stereocenters. The van der Waals surface area contributed by atoms with Crippen LogP contribution in [0, 0.1) is 6.61 Å². The van der Waals surface area contributed by atoms with Crippen LogP contribution in [0.25, 0.3) is 0 Å². The topological polar surface area (TPSA) is 30.5 Å². The van der Waals surface area contributed by atoms with Crippen LogP contribution in [0.2, 0.25) is 0 Å². The predicted octanol–water partition coefficient (Wildman–Crippen LogP) is -0.302. The van der Waals surface area contributed by atoms with Crippen LogP contribution in [0.5, 0.6) is 0 Å². The molecule has 0 amide bonds. The molecule has 1 heterocycles. The highest BCUT2D eigenvalue weighted by molar-refractivity contribution is 4.68. The molecule has 1 aliphatic heterocycles. The molecule has 0 aromatic heterocycles. The van der Waals surface area contributed by atoms with Crippen LogP contribution in [0.4, 0.5) is 0 Å². The van der Waals surface area contributed by atoms with Gasteiger partial charge in [0, 0.05) is 7.11 Å². The van der Waals surface area contributed by atoms with Gasteiger partial charge in [-0.2, -0.15) is 0 Å². The van der Waals surface area contributed by atoms with Gasteiger partial charge in [-0.25, -0.2) is 0 Å². The monoisotopic (exact) mass is 102 g/mol. The summed E-state index contributed by atoms with van der Waals surface area (Å²) in [6.07, 6.45) is -0.000000000000000222. The molecule has 0 aromatic carbocycles. The second-order valence-electron chi connectivity index (χ2n) is 1.31. The van der Waals surface area contributed by atoms with Crippen molar-refractivity contribution < 1.29 is 9.47 Å². The first-order valence-electron chi connectivity index (χ1n) is 2.14. The minimum atomic E-state index is -0.000000000000000222. The zero-order valence-corrected chi connectivity index (χ0v) is 4.18. The molecular formula is C4H8NO2. The largest absolute Gasteiger partial charge is 0.364 e. The van der Waals surface area contributed by atoms with Crippen molar-refractivity contribution >= 4 is 0 Å². The second-order valence-corrected chi connectivity index (χ2v) is 1.31. The smallest absolute Gasteiger partial charge is 0.138 e. The lowest BCUT2D eigenvalue weighted by Crippen LogP contribution is -2.22. The Bertz CT molecular complexity index is 51.7. The van der Waals surface area contributed by atoms with Crippen molar-refractivity contribution in [2.75, 3.05) is 13.8 Å². The lowest BCUT2D eigenvalue weighted by molar-refractivity contribution is 0.108. The molecule has 3 nitrogen and oxygen atoms in total. The summed E-state index contributed by atoms with van der Waals surface area (Å²) < 4.78 is 9.61. The van der Waals surface area contributed by atoms with E-state index in [-0.39, 0.29) is 6.23 Å². The molecule has 1 fully saturated rings. The van der Waals surface area contributed by atoms with Crippen molar-refractivity contribution in [3.8, 4) is 0 Å². The Morgan fingerprint density at radius 3 is 3.14 bits per heavy atom. The van der Waals surface area contributed by atoms with Crippen molar-refractivity contribution in [2.45, 2.75) is 6.23 Å². The summed E-state index contributed by atoms with van der Waals surface area (Å²) in [5.41, 5.74) is 0. The van der Waals surface area contributed by atoms with E-state index in [9.17, 15) is 0 Å². The Hall–Kier alpha value is -0.120. The van der Waals surface area contributed by atoms with Crippen LogP contribution in [0.3, 0.4) is 0 Å². The van der Waals surface area contributed by atoms with Crippen molar-refractivity contribution in [1.29, 1.82) is 0 Å². The molecule has 3 heteroatoms. The first-order valence-corrected chi connectivity index (χ1v) is 2.14. The average molecular weight is 102 g/mol. The number of hydrogen-bond acceptors (Lipinski definition) is 3. The highest BCUT2D eigenvalue weighted by atomic mass is 16.6. The molecule has 0 aromatic rings. The van der Waals surface area contributed by atoms with E-state index in [1.807, 2.05) is 0 Å². The fourth-order valence-electron chi connectivity index (χ4n) is 0.453. The van der Waals surface area contributed by atoms with E-state index in [1.54, 1.807) is 13.7 Å². The predicted molar refractivity (Wildman–Crippen MR) is 24.2 cm³/mol. The number of rotatable bonds is 1. The van der Waals surface area contributed by atoms with Gasteiger partial charge in [0.05, 0.1) is 6.73 Å². The number of nitrogens with one attached hydrogen (secondary N) is 1. The Kier molecular flexibility index (Phi) is 1.62. The van der Waals surface area contributed by atoms with Gasteiger partial charge in [-0.3, -0.25) is 5.32 Å². The Morgan fingerprint density at radius 2 is 2.86 bits per heavy atom. The maximum absolute atomic E-state index is 4.82. The van der Waals surface area contributed by atoms with Gasteiger partial charge in [0.1, 0.15) is 12.8 Å². The summed E-state index contributed by atoms with van der Waals surface area (Å²) in [5, 5.41) is 2.91. The SMILES string of the molecule is COC1[CH]OCN1. The Morgan fingerprint density at radius 1 is 2.00 bits per heavy atom. The summed E-state index contributed by atoms with van der Waals surface area (Å²) in [6.45, 7) is 2.19. The minimum absolute atomic E-state index is 0.000000000000000222. The zero-order chi connectivity index (χ0) is 5.11. The van der Waals surface area contributed by atoms with Gasteiger partial charge in [0.2, 0.25) is 0 Å². The molecular weight excluding hydrogens is 94.0 g/mol. The molecule has 41 valence electrons. The zero-order valence-electron chi connectivity index (χ0n) is 4.18. The van der Waals surface area contributed by atoms with Gasteiger partial charge in [-0.05, 0) is 0 Å². The lowest BCUT2D eigenvalue weighted by Gasteiger charge is -2.00. The molecule has 1 radical (unpaired) electrons. The maximum atomic E-state index is 4.82. The highest BCUT2D eigenvalue weighted by Gasteiger charge is 2.12. The third-order valence-corrected chi connectivity index (χ3v) is 0.842. The van der Waals surface area contributed by atoms with Gasteiger partial charge in [0.15, 0.2) is 0 Å². The normalized spacial score (nSPS) is 31.3. The van der Waals surface area contributed by atoms with Crippen molar-refractivity contribution in [3.05, 3.63) is 6.61 Å². The molecule has 1 aliphatic rings.